The van der Waals surface area contributed by atoms with E-state index >= 15 is 0 Å². The lowest BCUT2D eigenvalue weighted by molar-refractivity contribution is -0.120. The summed E-state index contributed by atoms with van der Waals surface area (Å²) in [6.45, 7) is 4.83. The van der Waals surface area contributed by atoms with Gasteiger partial charge in [-0.3, -0.25) is 9.59 Å². The van der Waals surface area contributed by atoms with Gasteiger partial charge in [0.25, 0.3) is 5.91 Å². The van der Waals surface area contributed by atoms with Gasteiger partial charge in [0.2, 0.25) is 5.91 Å². The van der Waals surface area contributed by atoms with E-state index in [-0.39, 0.29) is 24.3 Å². The van der Waals surface area contributed by atoms with Crippen molar-refractivity contribution in [2.24, 2.45) is 0 Å². The average Bonchev–Trinajstić information content (AvgIpc) is 2.65. The second-order valence-electron chi connectivity index (χ2n) is 5.73. The molecule has 1 atom stereocenters. The fourth-order valence-corrected chi connectivity index (χ4v) is 2.42. The molecule has 5 nitrogen and oxygen atoms in total. The minimum Gasteiger partial charge on any atom is -0.493 e. The van der Waals surface area contributed by atoms with Crippen LogP contribution in [0.5, 0.6) is 5.75 Å². The number of benzene rings is 2. The molecule has 2 aromatic rings. The van der Waals surface area contributed by atoms with Gasteiger partial charge in [0.15, 0.2) is 0 Å². The zero-order valence-corrected chi connectivity index (χ0v) is 14.6. The van der Waals surface area contributed by atoms with Gasteiger partial charge in [-0.15, -0.1) is 0 Å². The number of ether oxygens (including phenoxy) is 1. The van der Waals surface area contributed by atoms with Crippen LogP contribution in [0.1, 0.15) is 35.7 Å². The molecule has 2 aromatic carbocycles. The molecule has 0 aliphatic rings. The molecule has 0 saturated heterocycles. The molecule has 132 valence electrons. The van der Waals surface area contributed by atoms with E-state index in [0.29, 0.717) is 24.5 Å². The van der Waals surface area contributed by atoms with Crippen LogP contribution in [-0.2, 0) is 4.79 Å². The SMILES string of the molecule is CCOc1ccccc1C(=O)NCC(=O)NCC(C)c1ccccc1. The van der Waals surface area contributed by atoms with Crippen molar-refractivity contribution in [3.8, 4) is 5.75 Å². The predicted octanol–water partition coefficient (Wildman–Crippen LogP) is 2.74. The Morgan fingerprint density at radius 1 is 1.00 bits per heavy atom. The van der Waals surface area contributed by atoms with Crippen LogP contribution < -0.4 is 15.4 Å². The molecular formula is C20H24N2O3. The van der Waals surface area contributed by atoms with Crippen molar-refractivity contribution in [3.63, 3.8) is 0 Å². The highest BCUT2D eigenvalue weighted by Crippen LogP contribution is 2.17. The van der Waals surface area contributed by atoms with Gasteiger partial charge in [-0.05, 0) is 30.5 Å². The summed E-state index contributed by atoms with van der Waals surface area (Å²) in [7, 11) is 0. The van der Waals surface area contributed by atoms with Gasteiger partial charge in [-0.25, -0.2) is 0 Å². The maximum atomic E-state index is 12.2. The fraction of sp³-hybridized carbons (Fsp3) is 0.300. The summed E-state index contributed by atoms with van der Waals surface area (Å²) in [5.41, 5.74) is 1.59. The number of nitrogens with one attached hydrogen (secondary N) is 2. The molecule has 0 aliphatic heterocycles. The van der Waals surface area contributed by atoms with Gasteiger partial charge in [0, 0.05) is 6.54 Å². The Hall–Kier alpha value is -2.82. The Balaban J connectivity index is 1.81. The van der Waals surface area contributed by atoms with E-state index in [1.54, 1.807) is 24.3 Å². The largest absolute Gasteiger partial charge is 0.493 e. The van der Waals surface area contributed by atoms with Crippen molar-refractivity contribution < 1.29 is 14.3 Å². The van der Waals surface area contributed by atoms with E-state index in [9.17, 15) is 9.59 Å². The van der Waals surface area contributed by atoms with Crippen molar-refractivity contribution >= 4 is 11.8 Å². The van der Waals surface area contributed by atoms with Crippen LogP contribution in [0.3, 0.4) is 0 Å². The van der Waals surface area contributed by atoms with Gasteiger partial charge >= 0.3 is 0 Å². The molecule has 2 amide bonds. The third-order valence-corrected chi connectivity index (χ3v) is 3.82. The smallest absolute Gasteiger partial charge is 0.255 e. The second-order valence-corrected chi connectivity index (χ2v) is 5.73. The minimum absolute atomic E-state index is 0.0686. The van der Waals surface area contributed by atoms with Gasteiger partial charge in [0.05, 0.1) is 18.7 Å². The molecule has 1 unspecified atom stereocenters. The topological polar surface area (TPSA) is 67.4 Å². The molecule has 0 aromatic heterocycles. The Bertz CT molecular complexity index is 701. The third kappa shape index (κ3) is 5.64. The Morgan fingerprint density at radius 3 is 2.40 bits per heavy atom. The number of amides is 2. The first-order valence-corrected chi connectivity index (χ1v) is 8.43. The van der Waals surface area contributed by atoms with Gasteiger partial charge in [-0.2, -0.15) is 0 Å². The summed E-state index contributed by atoms with van der Waals surface area (Å²) >= 11 is 0. The summed E-state index contributed by atoms with van der Waals surface area (Å²) in [5.74, 6) is 0.181. The number of hydrogen-bond acceptors (Lipinski definition) is 3. The summed E-state index contributed by atoms with van der Waals surface area (Å²) in [5, 5.41) is 5.47. The Morgan fingerprint density at radius 2 is 1.68 bits per heavy atom. The van der Waals surface area contributed by atoms with Crippen LogP contribution in [0.4, 0.5) is 0 Å². The summed E-state index contributed by atoms with van der Waals surface area (Å²) in [6.07, 6.45) is 0. The average molecular weight is 340 g/mol. The molecule has 2 N–H and O–H groups in total. The standard InChI is InChI=1S/C20H24N2O3/c1-3-25-18-12-8-7-11-17(18)20(24)22-14-19(23)21-13-15(2)16-9-5-4-6-10-16/h4-12,15H,3,13-14H2,1-2H3,(H,21,23)(H,22,24). The Kier molecular flexibility index (Phi) is 7.01. The van der Waals surface area contributed by atoms with Crippen LogP contribution >= 0.6 is 0 Å². The van der Waals surface area contributed by atoms with E-state index < -0.39 is 0 Å². The number of carbonyl (C=O) groups excluding carboxylic acids is 2. The van der Waals surface area contributed by atoms with Gasteiger partial charge in [-0.1, -0.05) is 49.4 Å². The zero-order chi connectivity index (χ0) is 18.1. The zero-order valence-electron chi connectivity index (χ0n) is 14.6. The van der Waals surface area contributed by atoms with Crippen molar-refractivity contribution in [2.75, 3.05) is 19.7 Å². The fourth-order valence-electron chi connectivity index (χ4n) is 2.42. The van der Waals surface area contributed by atoms with Crippen LogP contribution in [0.15, 0.2) is 54.6 Å². The molecule has 5 heteroatoms. The monoisotopic (exact) mass is 340 g/mol. The highest BCUT2D eigenvalue weighted by molar-refractivity contribution is 5.98. The van der Waals surface area contributed by atoms with E-state index in [4.69, 9.17) is 4.74 Å². The molecule has 0 aliphatic carbocycles. The number of rotatable bonds is 8. The molecule has 25 heavy (non-hydrogen) atoms. The lowest BCUT2D eigenvalue weighted by Gasteiger charge is -2.14. The van der Waals surface area contributed by atoms with E-state index in [1.807, 2.05) is 44.2 Å². The van der Waals surface area contributed by atoms with Crippen LogP contribution in [-0.4, -0.2) is 31.5 Å². The summed E-state index contributed by atoms with van der Waals surface area (Å²) in [4.78, 5) is 24.2. The summed E-state index contributed by atoms with van der Waals surface area (Å²) in [6, 6.07) is 17.0. The van der Waals surface area contributed by atoms with E-state index in [2.05, 4.69) is 10.6 Å². The summed E-state index contributed by atoms with van der Waals surface area (Å²) < 4.78 is 5.43. The highest BCUT2D eigenvalue weighted by atomic mass is 16.5. The van der Waals surface area contributed by atoms with Crippen molar-refractivity contribution in [1.29, 1.82) is 0 Å². The van der Waals surface area contributed by atoms with Crippen LogP contribution in [0, 0.1) is 0 Å². The maximum Gasteiger partial charge on any atom is 0.255 e. The minimum atomic E-state index is -0.324. The van der Waals surface area contributed by atoms with Crippen molar-refractivity contribution in [3.05, 3.63) is 65.7 Å². The molecular weight excluding hydrogens is 316 g/mol. The molecule has 0 spiro atoms. The van der Waals surface area contributed by atoms with E-state index in [1.165, 1.54) is 0 Å². The second kappa shape index (κ2) is 9.47. The molecule has 0 radical (unpaired) electrons. The highest BCUT2D eigenvalue weighted by Gasteiger charge is 2.13. The molecule has 0 saturated carbocycles. The lowest BCUT2D eigenvalue weighted by atomic mass is 10.0. The van der Waals surface area contributed by atoms with Gasteiger partial charge in [0.1, 0.15) is 5.75 Å². The lowest BCUT2D eigenvalue weighted by Crippen LogP contribution is -2.38. The molecule has 0 bridgehead atoms. The quantitative estimate of drug-likeness (QED) is 0.776. The molecule has 0 heterocycles. The third-order valence-electron chi connectivity index (χ3n) is 3.82. The first-order valence-electron chi connectivity index (χ1n) is 8.43. The first kappa shape index (κ1) is 18.5. The first-order chi connectivity index (χ1) is 12.1. The molecule has 2 rings (SSSR count). The van der Waals surface area contributed by atoms with E-state index in [0.717, 1.165) is 5.56 Å². The van der Waals surface area contributed by atoms with Crippen LogP contribution in [0.25, 0.3) is 0 Å². The number of carbonyl (C=O) groups is 2. The predicted molar refractivity (Wildman–Crippen MR) is 97.8 cm³/mol. The maximum absolute atomic E-state index is 12.2. The number of hydrogen-bond donors (Lipinski definition) is 2. The normalized spacial score (nSPS) is 11.4. The Labute approximate surface area is 148 Å². The molecule has 0 fully saturated rings. The number of para-hydroxylation sites is 1. The van der Waals surface area contributed by atoms with Crippen molar-refractivity contribution in [2.45, 2.75) is 19.8 Å². The van der Waals surface area contributed by atoms with Crippen LogP contribution in [0.2, 0.25) is 0 Å². The van der Waals surface area contributed by atoms with Gasteiger partial charge < -0.3 is 15.4 Å². The van der Waals surface area contributed by atoms with Crippen molar-refractivity contribution in [1.82, 2.24) is 10.6 Å².